The minimum atomic E-state index is -0.642. The zero-order chi connectivity index (χ0) is 11.9. The molecule has 1 heterocycles. The summed E-state index contributed by atoms with van der Waals surface area (Å²) >= 11 is 0. The quantitative estimate of drug-likeness (QED) is 0.765. The van der Waals surface area contributed by atoms with Crippen molar-refractivity contribution in [3.63, 3.8) is 0 Å². The van der Waals surface area contributed by atoms with Gasteiger partial charge in [0, 0.05) is 11.8 Å². The van der Waals surface area contributed by atoms with Crippen LogP contribution >= 0.6 is 0 Å². The summed E-state index contributed by atoms with van der Waals surface area (Å²) < 4.78 is 6.16. The van der Waals surface area contributed by atoms with Crippen LogP contribution in [0.15, 0.2) is 0 Å². The van der Waals surface area contributed by atoms with Crippen molar-refractivity contribution in [1.82, 2.24) is 0 Å². The topological polar surface area (TPSA) is 29.5 Å². The Morgan fingerprint density at radius 1 is 1.20 bits per heavy atom. The fourth-order valence-corrected chi connectivity index (χ4v) is 2.64. The monoisotopic (exact) mass is 214 g/mol. The van der Waals surface area contributed by atoms with Gasteiger partial charge in [0.05, 0.1) is 17.3 Å². The Morgan fingerprint density at radius 3 is 2.13 bits per heavy atom. The van der Waals surface area contributed by atoms with Gasteiger partial charge in [-0.2, -0.15) is 0 Å². The summed E-state index contributed by atoms with van der Waals surface area (Å²) in [5.41, 5.74) is -0.979. The Labute approximate surface area is 94.0 Å². The molecule has 1 N–H and O–H groups in total. The molecule has 1 saturated heterocycles. The minimum absolute atomic E-state index is 0.145. The van der Waals surface area contributed by atoms with Crippen molar-refractivity contribution in [3.05, 3.63) is 0 Å². The second-order valence-electron chi connectivity index (χ2n) is 5.99. The van der Waals surface area contributed by atoms with E-state index >= 15 is 0 Å². The number of hydrogen-bond acceptors (Lipinski definition) is 2. The molecule has 0 aromatic carbocycles. The van der Waals surface area contributed by atoms with Crippen molar-refractivity contribution in [3.8, 4) is 0 Å². The Bertz CT molecular complexity index is 233. The average molecular weight is 214 g/mol. The van der Waals surface area contributed by atoms with E-state index < -0.39 is 5.60 Å². The van der Waals surface area contributed by atoms with Crippen LogP contribution in [0.5, 0.6) is 0 Å². The largest absolute Gasteiger partial charge is 0.389 e. The lowest BCUT2D eigenvalue weighted by atomic mass is 9.64. The van der Waals surface area contributed by atoms with Crippen LogP contribution in [0.1, 0.15) is 60.8 Å². The maximum Gasteiger partial charge on any atom is 0.0722 e. The molecule has 0 aliphatic carbocycles. The normalized spacial score (nSPS) is 45.4. The molecule has 0 aromatic rings. The standard InChI is InChI=1S/C13H26O2/c1-7-10-11(3,4)13(6,14)9-12(5,8-2)15-10/h10,14H,7-9H2,1-6H3. The van der Waals surface area contributed by atoms with E-state index in [4.69, 9.17) is 4.74 Å². The van der Waals surface area contributed by atoms with Crippen molar-refractivity contribution in [2.24, 2.45) is 5.41 Å². The SMILES string of the molecule is CCC1OC(C)(CC)CC(C)(O)C1(C)C. The van der Waals surface area contributed by atoms with Crippen molar-refractivity contribution in [2.45, 2.75) is 78.1 Å². The molecule has 3 unspecified atom stereocenters. The van der Waals surface area contributed by atoms with Crippen molar-refractivity contribution in [1.29, 1.82) is 0 Å². The summed E-state index contributed by atoms with van der Waals surface area (Å²) in [4.78, 5) is 0. The van der Waals surface area contributed by atoms with Gasteiger partial charge in [0.1, 0.15) is 0 Å². The van der Waals surface area contributed by atoms with E-state index in [1.807, 2.05) is 6.92 Å². The summed E-state index contributed by atoms with van der Waals surface area (Å²) in [6.07, 6.45) is 2.78. The van der Waals surface area contributed by atoms with E-state index in [9.17, 15) is 5.11 Å². The van der Waals surface area contributed by atoms with Gasteiger partial charge in [-0.1, -0.05) is 27.7 Å². The zero-order valence-corrected chi connectivity index (χ0v) is 11.1. The number of hydrogen-bond donors (Lipinski definition) is 1. The van der Waals surface area contributed by atoms with E-state index in [1.54, 1.807) is 0 Å². The molecule has 2 nitrogen and oxygen atoms in total. The Hall–Kier alpha value is -0.0800. The van der Waals surface area contributed by atoms with Crippen LogP contribution in [0.2, 0.25) is 0 Å². The van der Waals surface area contributed by atoms with Gasteiger partial charge >= 0.3 is 0 Å². The molecule has 1 rings (SSSR count). The third-order valence-electron chi connectivity index (χ3n) is 4.46. The van der Waals surface area contributed by atoms with Crippen LogP contribution in [0.3, 0.4) is 0 Å². The first-order chi connectivity index (χ1) is 6.68. The highest BCUT2D eigenvalue weighted by Gasteiger charge is 2.54. The molecule has 2 heteroatoms. The molecule has 1 aliphatic heterocycles. The maximum absolute atomic E-state index is 10.6. The summed E-state index contributed by atoms with van der Waals surface area (Å²) in [7, 11) is 0. The van der Waals surface area contributed by atoms with E-state index in [1.165, 1.54) is 0 Å². The molecule has 0 spiro atoms. The summed E-state index contributed by atoms with van der Waals surface area (Å²) in [6.45, 7) is 12.5. The van der Waals surface area contributed by atoms with Gasteiger partial charge in [-0.3, -0.25) is 0 Å². The number of ether oxygens (including phenoxy) is 1. The van der Waals surface area contributed by atoms with Crippen LogP contribution in [-0.4, -0.2) is 22.4 Å². The first kappa shape index (κ1) is 13.0. The predicted octanol–water partition coefficient (Wildman–Crippen LogP) is 3.13. The van der Waals surface area contributed by atoms with E-state index in [2.05, 4.69) is 34.6 Å². The molecule has 0 aromatic heterocycles. The fraction of sp³-hybridized carbons (Fsp3) is 1.00. The van der Waals surface area contributed by atoms with Gasteiger partial charge in [-0.15, -0.1) is 0 Å². The van der Waals surface area contributed by atoms with Gasteiger partial charge in [0.2, 0.25) is 0 Å². The molecule has 0 radical (unpaired) electrons. The predicted molar refractivity (Wildman–Crippen MR) is 62.9 cm³/mol. The molecule has 0 amide bonds. The molecule has 1 aliphatic rings. The smallest absolute Gasteiger partial charge is 0.0722 e. The Morgan fingerprint density at radius 2 is 1.73 bits per heavy atom. The lowest BCUT2D eigenvalue weighted by molar-refractivity contribution is -0.254. The summed E-state index contributed by atoms with van der Waals surface area (Å²) in [5, 5.41) is 10.6. The number of aliphatic hydroxyl groups is 1. The average Bonchev–Trinajstić information content (AvgIpc) is 2.11. The van der Waals surface area contributed by atoms with Gasteiger partial charge < -0.3 is 9.84 Å². The maximum atomic E-state index is 10.6. The third kappa shape index (κ3) is 2.07. The first-order valence-electron chi connectivity index (χ1n) is 6.09. The molecule has 3 atom stereocenters. The van der Waals surface area contributed by atoms with E-state index in [0.717, 1.165) is 19.3 Å². The van der Waals surface area contributed by atoms with Crippen LogP contribution in [0.25, 0.3) is 0 Å². The van der Waals surface area contributed by atoms with Crippen LogP contribution in [-0.2, 0) is 4.74 Å². The highest BCUT2D eigenvalue weighted by molar-refractivity contribution is 5.03. The minimum Gasteiger partial charge on any atom is -0.389 e. The van der Waals surface area contributed by atoms with Crippen molar-refractivity contribution >= 4 is 0 Å². The van der Waals surface area contributed by atoms with Gasteiger partial charge in [-0.25, -0.2) is 0 Å². The Kier molecular flexibility index (Phi) is 3.24. The number of rotatable bonds is 2. The summed E-state index contributed by atoms with van der Waals surface area (Å²) in [6, 6.07) is 0. The highest BCUT2D eigenvalue weighted by Crippen LogP contribution is 2.49. The van der Waals surface area contributed by atoms with Crippen molar-refractivity contribution < 1.29 is 9.84 Å². The molecule has 0 saturated carbocycles. The van der Waals surface area contributed by atoms with Gasteiger partial charge in [0.15, 0.2) is 0 Å². The van der Waals surface area contributed by atoms with E-state index in [-0.39, 0.29) is 17.1 Å². The summed E-state index contributed by atoms with van der Waals surface area (Å²) in [5.74, 6) is 0. The Balaban J connectivity index is 3.01. The highest BCUT2D eigenvalue weighted by atomic mass is 16.5. The van der Waals surface area contributed by atoms with Crippen LogP contribution in [0.4, 0.5) is 0 Å². The lowest BCUT2D eigenvalue weighted by Crippen LogP contribution is -2.60. The first-order valence-corrected chi connectivity index (χ1v) is 6.09. The van der Waals surface area contributed by atoms with Crippen LogP contribution in [0, 0.1) is 5.41 Å². The fourth-order valence-electron chi connectivity index (χ4n) is 2.64. The van der Waals surface area contributed by atoms with Crippen molar-refractivity contribution in [2.75, 3.05) is 0 Å². The molecule has 1 fully saturated rings. The van der Waals surface area contributed by atoms with Gasteiger partial charge in [0.25, 0.3) is 0 Å². The van der Waals surface area contributed by atoms with E-state index in [0.29, 0.717) is 0 Å². The molecule has 15 heavy (non-hydrogen) atoms. The third-order valence-corrected chi connectivity index (χ3v) is 4.46. The molecule has 90 valence electrons. The van der Waals surface area contributed by atoms with Crippen LogP contribution < -0.4 is 0 Å². The zero-order valence-electron chi connectivity index (χ0n) is 11.1. The molecule has 0 bridgehead atoms. The second-order valence-corrected chi connectivity index (χ2v) is 5.99. The lowest BCUT2D eigenvalue weighted by Gasteiger charge is -2.55. The molecular formula is C13H26O2. The second kappa shape index (κ2) is 3.74. The molecular weight excluding hydrogens is 188 g/mol. The van der Waals surface area contributed by atoms with Gasteiger partial charge in [-0.05, 0) is 26.7 Å².